The summed E-state index contributed by atoms with van der Waals surface area (Å²) < 4.78 is 86.2. The summed E-state index contributed by atoms with van der Waals surface area (Å²) in [6.07, 6.45) is 0. The summed E-state index contributed by atoms with van der Waals surface area (Å²) in [7, 11) is -9.86. The van der Waals surface area contributed by atoms with Gasteiger partial charge in [0, 0.05) is 0 Å². The Morgan fingerprint density at radius 2 is 1.41 bits per heavy atom. The molecular weight excluding hydrogens is 291 g/mol. The maximum Gasteiger partial charge on any atom is 0.504 e. The summed E-state index contributed by atoms with van der Waals surface area (Å²) >= 11 is 0. The van der Waals surface area contributed by atoms with Crippen LogP contribution in [-0.2, 0) is 19.1 Å². The predicted octanol–water partition coefficient (Wildman–Crippen LogP) is 1.89. The molecule has 0 aliphatic carbocycles. The average molecular weight is 300 g/mol. The molecule has 0 aromatic heterocycles. The minimum atomic E-state index is -6.93. The molecule has 0 radical (unpaired) electrons. The minimum Gasteiger partial charge on any atom is -0.515 e. The highest BCUT2D eigenvalue weighted by atomic mass is 32.2. The summed E-state index contributed by atoms with van der Waals surface area (Å²) in [5.74, 6) is -2.70. The lowest BCUT2D eigenvalue weighted by Gasteiger charge is -2.22. The van der Waals surface area contributed by atoms with E-state index in [0.717, 1.165) is 0 Å². The van der Waals surface area contributed by atoms with E-state index >= 15 is 0 Å². The Morgan fingerprint density at radius 1 is 1.06 bits per heavy atom. The molecule has 0 fully saturated rings. The summed E-state index contributed by atoms with van der Waals surface area (Å²) in [6.45, 7) is 3.71. The molecule has 4 nitrogen and oxygen atoms in total. The zero-order chi connectivity index (χ0) is 14.3. The standard InChI is InChI=1S/C6H9F5O4SSi/c1-17(2,3)15-4(12)5(7,8)16(13,14)6(9,10)11/h1-3H3. The van der Waals surface area contributed by atoms with E-state index in [1.54, 1.807) is 0 Å². The molecule has 0 saturated heterocycles. The molecule has 0 aliphatic heterocycles. The van der Waals surface area contributed by atoms with E-state index in [1.807, 2.05) is 0 Å². The third kappa shape index (κ3) is 3.37. The van der Waals surface area contributed by atoms with E-state index in [9.17, 15) is 35.2 Å². The monoisotopic (exact) mass is 300 g/mol. The van der Waals surface area contributed by atoms with Gasteiger partial charge in [0.25, 0.3) is 0 Å². The van der Waals surface area contributed by atoms with Crippen LogP contribution in [0, 0.1) is 0 Å². The lowest BCUT2D eigenvalue weighted by molar-refractivity contribution is -0.153. The SMILES string of the molecule is C[Si](C)(C)OC(=O)C(F)(F)S(=O)(=O)C(F)(F)F. The Kier molecular flexibility index (Phi) is 4.01. The Bertz CT molecular complexity index is 407. The lowest BCUT2D eigenvalue weighted by Crippen LogP contribution is -2.49. The van der Waals surface area contributed by atoms with Gasteiger partial charge in [0.05, 0.1) is 0 Å². The Balaban J connectivity index is 5.38. The van der Waals surface area contributed by atoms with Crippen LogP contribution in [0.2, 0.25) is 19.6 Å². The first-order chi connectivity index (χ1) is 7.13. The first kappa shape index (κ1) is 16.3. The van der Waals surface area contributed by atoms with Crippen molar-refractivity contribution in [2.75, 3.05) is 0 Å². The van der Waals surface area contributed by atoms with Crippen molar-refractivity contribution in [3.63, 3.8) is 0 Å². The highest BCUT2D eigenvalue weighted by molar-refractivity contribution is 7.94. The second kappa shape index (κ2) is 4.19. The van der Waals surface area contributed by atoms with Gasteiger partial charge in [-0.05, 0) is 19.6 Å². The van der Waals surface area contributed by atoms with Crippen molar-refractivity contribution in [3.8, 4) is 0 Å². The van der Waals surface area contributed by atoms with Crippen molar-refractivity contribution >= 4 is 24.1 Å². The molecule has 0 bridgehead atoms. The van der Waals surface area contributed by atoms with Gasteiger partial charge in [0.2, 0.25) is 8.32 Å². The quantitative estimate of drug-likeness (QED) is 0.590. The van der Waals surface area contributed by atoms with E-state index in [-0.39, 0.29) is 0 Å². The van der Waals surface area contributed by atoms with Crippen LogP contribution in [0.4, 0.5) is 22.0 Å². The Hall–Kier alpha value is -0.713. The first-order valence-electron chi connectivity index (χ1n) is 4.05. The van der Waals surface area contributed by atoms with E-state index < -0.39 is 34.9 Å². The molecule has 0 unspecified atom stereocenters. The molecule has 102 valence electrons. The van der Waals surface area contributed by atoms with Crippen molar-refractivity contribution in [1.29, 1.82) is 0 Å². The summed E-state index contributed by atoms with van der Waals surface area (Å²) in [6, 6.07) is 0. The molecule has 11 heteroatoms. The number of alkyl halides is 5. The molecule has 0 aromatic carbocycles. The molecule has 0 atom stereocenters. The molecule has 0 aromatic rings. The van der Waals surface area contributed by atoms with Crippen LogP contribution in [0.5, 0.6) is 0 Å². The van der Waals surface area contributed by atoms with Gasteiger partial charge in [-0.3, -0.25) is 0 Å². The smallest absolute Gasteiger partial charge is 0.504 e. The van der Waals surface area contributed by atoms with Gasteiger partial charge in [0.1, 0.15) is 0 Å². The largest absolute Gasteiger partial charge is 0.515 e. The summed E-state index contributed by atoms with van der Waals surface area (Å²) in [4.78, 5) is 10.8. The van der Waals surface area contributed by atoms with Crippen LogP contribution in [0.3, 0.4) is 0 Å². The van der Waals surface area contributed by atoms with Gasteiger partial charge in [0.15, 0.2) is 0 Å². The number of halogens is 5. The normalized spacial score (nSPS) is 14.6. The third-order valence-corrected chi connectivity index (χ3v) is 3.53. The zero-order valence-electron chi connectivity index (χ0n) is 8.93. The number of sulfone groups is 1. The van der Waals surface area contributed by atoms with Crippen molar-refractivity contribution in [3.05, 3.63) is 0 Å². The van der Waals surface area contributed by atoms with Crippen molar-refractivity contribution in [2.24, 2.45) is 0 Å². The van der Waals surface area contributed by atoms with E-state index in [4.69, 9.17) is 0 Å². The van der Waals surface area contributed by atoms with Gasteiger partial charge in [-0.15, -0.1) is 0 Å². The van der Waals surface area contributed by atoms with Crippen LogP contribution in [0.15, 0.2) is 0 Å². The van der Waals surface area contributed by atoms with Crippen LogP contribution in [-0.4, -0.2) is 33.5 Å². The zero-order valence-corrected chi connectivity index (χ0v) is 10.7. The van der Waals surface area contributed by atoms with E-state index in [1.165, 1.54) is 19.6 Å². The lowest BCUT2D eigenvalue weighted by atomic mass is 10.7. The van der Waals surface area contributed by atoms with Crippen LogP contribution in [0.25, 0.3) is 0 Å². The fraction of sp³-hybridized carbons (Fsp3) is 0.833. The minimum absolute atomic E-state index is 1.24. The topological polar surface area (TPSA) is 60.4 Å². The van der Waals surface area contributed by atoms with E-state index in [2.05, 4.69) is 4.43 Å². The van der Waals surface area contributed by atoms with Crippen LogP contribution >= 0.6 is 0 Å². The highest BCUT2D eigenvalue weighted by Crippen LogP contribution is 2.37. The predicted molar refractivity (Wildman–Crippen MR) is 49.4 cm³/mol. The van der Waals surface area contributed by atoms with Gasteiger partial charge in [-0.1, -0.05) is 0 Å². The van der Waals surface area contributed by atoms with Crippen molar-refractivity contribution in [2.45, 2.75) is 30.4 Å². The summed E-state index contributed by atoms with van der Waals surface area (Å²) in [5.41, 5.74) is -6.23. The second-order valence-corrected chi connectivity index (χ2v) is 10.4. The molecular formula is C6H9F5O4SSi. The van der Waals surface area contributed by atoms with Crippen LogP contribution in [0.1, 0.15) is 0 Å². The molecule has 0 saturated carbocycles. The molecule has 0 rings (SSSR count). The second-order valence-electron chi connectivity index (χ2n) is 3.97. The number of hydrogen-bond acceptors (Lipinski definition) is 4. The third-order valence-electron chi connectivity index (χ3n) is 1.28. The van der Waals surface area contributed by atoms with Crippen LogP contribution < -0.4 is 0 Å². The Morgan fingerprint density at radius 3 is 1.65 bits per heavy atom. The van der Waals surface area contributed by atoms with Crippen molar-refractivity contribution < 1.29 is 39.6 Å². The van der Waals surface area contributed by atoms with Gasteiger partial charge >= 0.3 is 26.6 Å². The maximum absolute atomic E-state index is 12.9. The Labute approximate surface area is 94.8 Å². The van der Waals surface area contributed by atoms with E-state index in [0.29, 0.717) is 0 Å². The molecule has 17 heavy (non-hydrogen) atoms. The number of carbonyl (C=O) groups excluding carboxylic acids is 1. The number of hydrogen-bond donors (Lipinski definition) is 0. The average Bonchev–Trinajstić information content (AvgIpc) is 1.97. The van der Waals surface area contributed by atoms with Gasteiger partial charge in [-0.2, -0.15) is 22.0 Å². The molecule has 0 spiro atoms. The van der Waals surface area contributed by atoms with Gasteiger partial charge < -0.3 is 4.43 Å². The first-order valence-corrected chi connectivity index (χ1v) is 8.94. The fourth-order valence-electron chi connectivity index (χ4n) is 0.593. The molecule has 0 aliphatic rings. The maximum atomic E-state index is 12.9. The summed E-state index contributed by atoms with van der Waals surface area (Å²) in [5, 5.41) is -5.63. The number of rotatable bonds is 3. The van der Waals surface area contributed by atoms with Crippen molar-refractivity contribution in [1.82, 2.24) is 0 Å². The van der Waals surface area contributed by atoms with Gasteiger partial charge in [-0.25, -0.2) is 13.2 Å². The highest BCUT2D eigenvalue weighted by Gasteiger charge is 2.67. The molecule has 0 amide bonds. The number of carbonyl (C=O) groups is 1. The fourth-order valence-corrected chi connectivity index (χ4v) is 1.90. The molecule has 0 heterocycles. The molecule has 0 N–H and O–H groups in total.